The topological polar surface area (TPSA) is 102 Å². The molecule has 1 heterocycles. The Morgan fingerprint density at radius 3 is 2.57 bits per heavy atom. The minimum Gasteiger partial charge on any atom is -0.394 e. The van der Waals surface area contributed by atoms with Crippen molar-refractivity contribution in [3.8, 4) is 0 Å². The number of nitro benzene ring substituents is 1. The van der Waals surface area contributed by atoms with Crippen LogP contribution in [-0.4, -0.2) is 72.5 Å². The van der Waals surface area contributed by atoms with E-state index in [1.807, 2.05) is 11.9 Å². The maximum Gasteiger partial charge on any atom is 0.292 e. The fourth-order valence-electron chi connectivity index (χ4n) is 2.61. The van der Waals surface area contributed by atoms with Gasteiger partial charge in [-0.3, -0.25) is 10.1 Å². The van der Waals surface area contributed by atoms with Crippen molar-refractivity contribution in [2.45, 2.75) is 13.0 Å². The van der Waals surface area contributed by atoms with E-state index in [1.165, 1.54) is 0 Å². The fourth-order valence-corrected chi connectivity index (χ4v) is 2.61. The van der Waals surface area contributed by atoms with Crippen LogP contribution < -0.4 is 10.2 Å². The van der Waals surface area contributed by atoms with Crippen LogP contribution in [0.25, 0.3) is 0 Å². The lowest BCUT2D eigenvalue weighted by molar-refractivity contribution is -0.384. The van der Waals surface area contributed by atoms with Crippen LogP contribution in [0.1, 0.15) is 5.56 Å². The Morgan fingerprint density at radius 2 is 2.00 bits per heavy atom. The quantitative estimate of drug-likeness (QED) is 0.515. The molecular formula is C15H24N4O4. The van der Waals surface area contributed by atoms with E-state index in [-0.39, 0.29) is 23.8 Å². The number of aryl methyl sites for hydroxylation is 1. The lowest BCUT2D eigenvalue weighted by atomic mass is 10.1. The number of aliphatic hydroxyl groups excluding tert-OH is 2. The summed E-state index contributed by atoms with van der Waals surface area (Å²) in [6.07, 6.45) is -0.864. The minimum absolute atomic E-state index is 0.0975. The van der Waals surface area contributed by atoms with Crippen LogP contribution in [0.5, 0.6) is 0 Å². The second-order valence-corrected chi connectivity index (χ2v) is 5.92. The molecule has 1 aromatic carbocycles. The van der Waals surface area contributed by atoms with E-state index in [0.29, 0.717) is 5.69 Å². The summed E-state index contributed by atoms with van der Waals surface area (Å²) in [5, 5.41) is 32.8. The van der Waals surface area contributed by atoms with Gasteiger partial charge in [-0.25, -0.2) is 0 Å². The third kappa shape index (κ3) is 4.31. The van der Waals surface area contributed by atoms with Gasteiger partial charge in [0.2, 0.25) is 0 Å². The highest BCUT2D eigenvalue weighted by Crippen LogP contribution is 2.34. The first-order chi connectivity index (χ1) is 10.9. The molecule has 1 unspecified atom stereocenters. The van der Waals surface area contributed by atoms with Crippen LogP contribution in [0.3, 0.4) is 0 Å². The average Bonchev–Trinajstić information content (AvgIpc) is 2.53. The number of anilines is 2. The highest BCUT2D eigenvalue weighted by atomic mass is 16.6. The van der Waals surface area contributed by atoms with Crippen LogP contribution in [-0.2, 0) is 0 Å². The van der Waals surface area contributed by atoms with Crippen molar-refractivity contribution in [3.05, 3.63) is 27.8 Å². The predicted molar refractivity (Wildman–Crippen MR) is 89.1 cm³/mol. The Kier molecular flexibility index (Phi) is 5.75. The Balaban J connectivity index is 2.28. The summed E-state index contributed by atoms with van der Waals surface area (Å²) in [4.78, 5) is 15.2. The smallest absolute Gasteiger partial charge is 0.292 e. The lowest BCUT2D eigenvalue weighted by Gasteiger charge is -2.34. The lowest BCUT2D eigenvalue weighted by Crippen LogP contribution is -2.44. The van der Waals surface area contributed by atoms with E-state index < -0.39 is 6.10 Å². The summed E-state index contributed by atoms with van der Waals surface area (Å²) in [5.74, 6) is 0. The molecule has 0 amide bonds. The van der Waals surface area contributed by atoms with E-state index >= 15 is 0 Å². The van der Waals surface area contributed by atoms with E-state index in [9.17, 15) is 15.2 Å². The molecule has 1 aliphatic rings. The van der Waals surface area contributed by atoms with Crippen LogP contribution in [0.2, 0.25) is 0 Å². The zero-order valence-corrected chi connectivity index (χ0v) is 13.5. The maximum atomic E-state index is 11.4. The molecule has 0 bridgehead atoms. The summed E-state index contributed by atoms with van der Waals surface area (Å²) < 4.78 is 0. The van der Waals surface area contributed by atoms with Crippen molar-refractivity contribution >= 4 is 17.1 Å². The van der Waals surface area contributed by atoms with Gasteiger partial charge in [0.05, 0.1) is 17.6 Å². The molecule has 0 aliphatic carbocycles. The van der Waals surface area contributed by atoms with E-state index in [1.54, 1.807) is 19.1 Å². The van der Waals surface area contributed by atoms with Crippen molar-refractivity contribution in [3.63, 3.8) is 0 Å². The van der Waals surface area contributed by atoms with Gasteiger partial charge < -0.3 is 25.3 Å². The van der Waals surface area contributed by atoms with Gasteiger partial charge in [-0.05, 0) is 25.6 Å². The number of hydrogen-bond acceptors (Lipinski definition) is 7. The van der Waals surface area contributed by atoms with Crippen LogP contribution in [0.4, 0.5) is 17.1 Å². The molecule has 23 heavy (non-hydrogen) atoms. The zero-order valence-electron chi connectivity index (χ0n) is 13.5. The molecular weight excluding hydrogens is 300 g/mol. The molecule has 1 atom stereocenters. The number of rotatable bonds is 6. The van der Waals surface area contributed by atoms with Gasteiger partial charge in [0.25, 0.3) is 5.69 Å². The van der Waals surface area contributed by atoms with Gasteiger partial charge in [-0.2, -0.15) is 0 Å². The Hall–Kier alpha value is -1.90. The first kappa shape index (κ1) is 17.5. The molecule has 0 aromatic heterocycles. The standard InChI is InChI=1S/C15H24N4O4/c1-11-7-15(19(22)23)14(18-5-3-17(2)4-6-18)8-13(11)16-9-12(21)10-20/h7-8,12,16,20-21H,3-6,9-10H2,1-2H3. The van der Waals surface area contributed by atoms with Crippen molar-refractivity contribution in [2.24, 2.45) is 0 Å². The number of piperazine rings is 1. The molecule has 1 aliphatic heterocycles. The van der Waals surface area contributed by atoms with E-state index in [0.717, 1.165) is 37.4 Å². The second-order valence-electron chi connectivity index (χ2n) is 5.92. The van der Waals surface area contributed by atoms with Crippen molar-refractivity contribution < 1.29 is 15.1 Å². The van der Waals surface area contributed by atoms with Gasteiger partial charge in [-0.1, -0.05) is 0 Å². The van der Waals surface area contributed by atoms with Crippen molar-refractivity contribution in [1.82, 2.24) is 4.90 Å². The molecule has 1 fully saturated rings. The number of aliphatic hydroxyl groups is 2. The molecule has 2 rings (SSSR count). The molecule has 128 valence electrons. The number of likely N-dealkylation sites (N-methyl/N-ethyl adjacent to an activating group) is 1. The number of benzene rings is 1. The minimum atomic E-state index is -0.864. The Bertz CT molecular complexity index is 559. The molecule has 1 saturated heterocycles. The first-order valence-corrected chi connectivity index (χ1v) is 7.67. The molecule has 3 N–H and O–H groups in total. The third-order valence-electron chi connectivity index (χ3n) is 4.10. The van der Waals surface area contributed by atoms with Crippen molar-refractivity contribution in [1.29, 1.82) is 0 Å². The van der Waals surface area contributed by atoms with Gasteiger partial charge >= 0.3 is 0 Å². The average molecular weight is 324 g/mol. The Morgan fingerprint density at radius 1 is 1.35 bits per heavy atom. The summed E-state index contributed by atoms with van der Waals surface area (Å²) >= 11 is 0. The summed E-state index contributed by atoms with van der Waals surface area (Å²) in [6.45, 7) is 4.84. The van der Waals surface area contributed by atoms with Crippen LogP contribution in [0.15, 0.2) is 12.1 Å². The van der Waals surface area contributed by atoms with Crippen LogP contribution in [0, 0.1) is 17.0 Å². The largest absolute Gasteiger partial charge is 0.394 e. The predicted octanol–water partition coefficient (Wildman–Crippen LogP) is 0.420. The number of nitro groups is 1. The number of hydrogen-bond donors (Lipinski definition) is 3. The Labute approximate surface area is 135 Å². The van der Waals surface area contributed by atoms with Crippen LogP contribution >= 0.6 is 0 Å². The molecule has 0 spiro atoms. The van der Waals surface area contributed by atoms with Gasteiger partial charge in [0.1, 0.15) is 5.69 Å². The zero-order chi connectivity index (χ0) is 17.0. The normalized spacial score (nSPS) is 17.1. The molecule has 8 nitrogen and oxygen atoms in total. The van der Waals surface area contributed by atoms with Gasteiger partial charge in [0.15, 0.2) is 0 Å². The molecule has 0 radical (unpaired) electrons. The SMILES string of the molecule is Cc1cc([N+](=O)[O-])c(N2CCN(C)CC2)cc1NCC(O)CO. The molecule has 0 saturated carbocycles. The molecule has 1 aromatic rings. The van der Waals surface area contributed by atoms with E-state index in [4.69, 9.17) is 5.11 Å². The highest BCUT2D eigenvalue weighted by molar-refractivity contribution is 5.72. The third-order valence-corrected chi connectivity index (χ3v) is 4.10. The van der Waals surface area contributed by atoms with Crippen molar-refractivity contribution in [2.75, 3.05) is 56.6 Å². The second kappa shape index (κ2) is 7.58. The fraction of sp³-hybridized carbons (Fsp3) is 0.600. The van der Waals surface area contributed by atoms with Gasteiger partial charge in [-0.15, -0.1) is 0 Å². The first-order valence-electron chi connectivity index (χ1n) is 7.67. The summed E-state index contributed by atoms with van der Waals surface area (Å²) in [6, 6.07) is 3.32. The summed E-state index contributed by atoms with van der Waals surface area (Å²) in [5.41, 5.74) is 2.16. The maximum absolute atomic E-state index is 11.4. The number of nitrogens with one attached hydrogen (secondary N) is 1. The summed E-state index contributed by atoms with van der Waals surface area (Å²) in [7, 11) is 2.03. The monoisotopic (exact) mass is 324 g/mol. The van der Waals surface area contributed by atoms with Gasteiger partial charge in [0, 0.05) is 44.5 Å². The molecule has 8 heteroatoms. The number of nitrogens with zero attached hydrogens (tertiary/aromatic N) is 3. The highest BCUT2D eigenvalue weighted by Gasteiger charge is 2.24. The van der Waals surface area contributed by atoms with E-state index in [2.05, 4.69) is 10.2 Å².